The van der Waals surface area contributed by atoms with Gasteiger partial charge < -0.3 is 5.11 Å². The molecule has 0 amide bonds. The summed E-state index contributed by atoms with van der Waals surface area (Å²) in [6.07, 6.45) is -5.24. The molecule has 16 heavy (non-hydrogen) atoms. The van der Waals surface area contributed by atoms with Gasteiger partial charge in [0, 0.05) is 0 Å². The Morgan fingerprint density at radius 3 is 2.12 bits per heavy atom. The van der Waals surface area contributed by atoms with Gasteiger partial charge in [0.05, 0.1) is 10.0 Å². The van der Waals surface area contributed by atoms with Crippen molar-refractivity contribution in [3.8, 4) is 0 Å². The van der Waals surface area contributed by atoms with Crippen LogP contribution in [0.4, 0.5) is 13.2 Å². The summed E-state index contributed by atoms with van der Waals surface area (Å²) < 4.78 is 38.1. The van der Waals surface area contributed by atoms with Gasteiger partial charge in [-0.1, -0.05) is 36.2 Å². The SMILES string of the molecule is CCC(O)(c1ccc(Cl)c(Cl)c1)C(F)(F)F. The topological polar surface area (TPSA) is 20.2 Å². The normalized spacial score (nSPS) is 15.9. The minimum Gasteiger partial charge on any atom is -0.376 e. The maximum atomic E-state index is 12.7. The van der Waals surface area contributed by atoms with Gasteiger partial charge in [0.15, 0.2) is 5.60 Å². The Hall–Kier alpha value is -0.450. The van der Waals surface area contributed by atoms with Crippen LogP contribution in [-0.2, 0) is 5.60 Å². The first kappa shape index (κ1) is 13.6. The van der Waals surface area contributed by atoms with Crippen molar-refractivity contribution in [1.29, 1.82) is 0 Å². The molecule has 1 unspecified atom stereocenters. The zero-order valence-corrected chi connectivity index (χ0v) is 9.79. The molecular weight excluding hydrogens is 264 g/mol. The number of halogens is 5. The van der Waals surface area contributed by atoms with Crippen LogP contribution in [0, 0.1) is 0 Å². The average Bonchev–Trinajstić information content (AvgIpc) is 2.19. The van der Waals surface area contributed by atoms with Crippen molar-refractivity contribution in [2.24, 2.45) is 0 Å². The molecule has 0 saturated heterocycles. The molecule has 0 saturated carbocycles. The number of hydrogen-bond acceptors (Lipinski definition) is 1. The maximum absolute atomic E-state index is 12.7. The first-order valence-corrected chi connectivity index (χ1v) is 5.22. The van der Waals surface area contributed by atoms with E-state index >= 15 is 0 Å². The molecule has 1 atom stereocenters. The number of rotatable bonds is 2. The second kappa shape index (κ2) is 4.43. The van der Waals surface area contributed by atoms with Gasteiger partial charge in [0.25, 0.3) is 0 Å². The lowest BCUT2D eigenvalue weighted by Gasteiger charge is -2.30. The molecular formula is C10H9Cl2F3O. The summed E-state index contributed by atoms with van der Waals surface area (Å²) in [5.74, 6) is 0. The van der Waals surface area contributed by atoms with E-state index in [1.54, 1.807) is 0 Å². The number of benzene rings is 1. The van der Waals surface area contributed by atoms with Crippen LogP contribution < -0.4 is 0 Å². The summed E-state index contributed by atoms with van der Waals surface area (Å²) in [5.41, 5.74) is -3.20. The van der Waals surface area contributed by atoms with Crippen LogP contribution in [0.3, 0.4) is 0 Å². The van der Waals surface area contributed by atoms with Crippen LogP contribution in [0.25, 0.3) is 0 Å². The Morgan fingerprint density at radius 2 is 1.75 bits per heavy atom. The Morgan fingerprint density at radius 1 is 1.19 bits per heavy atom. The van der Waals surface area contributed by atoms with E-state index in [1.807, 2.05) is 0 Å². The standard InChI is InChI=1S/C10H9Cl2F3O/c1-2-9(16,10(13,14)15)6-3-4-7(11)8(12)5-6/h3-5,16H,2H2,1H3. The molecule has 1 N–H and O–H groups in total. The van der Waals surface area contributed by atoms with E-state index in [0.29, 0.717) is 0 Å². The van der Waals surface area contributed by atoms with Crippen molar-refractivity contribution in [3.05, 3.63) is 33.8 Å². The molecule has 1 rings (SSSR count). The van der Waals surface area contributed by atoms with E-state index in [0.717, 1.165) is 12.1 Å². The van der Waals surface area contributed by atoms with Gasteiger partial charge in [-0.15, -0.1) is 0 Å². The third-order valence-corrected chi connectivity index (χ3v) is 3.12. The maximum Gasteiger partial charge on any atom is 0.421 e. The van der Waals surface area contributed by atoms with E-state index in [-0.39, 0.29) is 15.6 Å². The van der Waals surface area contributed by atoms with Gasteiger partial charge in [-0.2, -0.15) is 13.2 Å². The summed E-state index contributed by atoms with van der Waals surface area (Å²) in [7, 11) is 0. The molecule has 1 aromatic rings. The Balaban J connectivity index is 3.29. The number of aliphatic hydroxyl groups is 1. The fourth-order valence-corrected chi connectivity index (χ4v) is 1.62. The summed E-state index contributed by atoms with van der Waals surface area (Å²) in [4.78, 5) is 0. The van der Waals surface area contributed by atoms with Crippen LogP contribution in [0.15, 0.2) is 18.2 Å². The van der Waals surface area contributed by atoms with Gasteiger partial charge in [0.2, 0.25) is 0 Å². The highest BCUT2D eigenvalue weighted by Gasteiger charge is 2.53. The third kappa shape index (κ3) is 2.29. The van der Waals surface area contributed by atoms with E-state index in [1.165, 1.54) is 13.0 Å². The zero-order chi connectivity index (χ0) is 12.6. The van der Waals surface area contributed by atoms with Crippen molar-refractivity contribution in [3.63, 3.8) is 0 Å². The van der Waals surface area contributed by atoms with Crippen molar-refractivity contribution in [2.45, 2.75) is 25.1 Å². The smallest absolute Gasteiger partial charge is 0.376 e. The highest BCUT2D eigenvalue weighted by atomic mass is 35.5. The lowest BCUT2D eigenvalue weighted by molar-refractivity contribution is -0.267. The Kier molecular flexibility index (Phi) is 3.77. The highest BCUT2D eigenvalue weighted by molar-refractivity contribution is 6.42. The van der Waals surface area contributed by atoms with E-state index in [4.69, 9.17) is 23.2 Å². The minimum absolute atomic E-state index is 0.0182. The van der Waals surface area contributed by atoms with Crippen molar-refractivity contribution in [1.82, 2.24) is 0 Å². The molecule has 0 aliphatic rings. The van der Waals surface area contributed by atoms with Crippen LogP contribution in [-0.4, -0.2) is 11.3 Å². The van der Waals surface area contributed by atoms with E-state index < -0.39 is 18.2 Å². The van der Waals surface area contributed by atoms with Gasteiger partial charge in [-0.05, 0) is 24.1 Å². The molecule has 0 spiro atoms. The molecule has 1 nitrogen and oxygen atoms in total. The first-order chi connectivity index (χ1) is 7.22. The third-order valence-electron chi connectivity index (χ3n) is 2.38. The monoisotopic (exact) mass is 272 g/mol. The van der Waals surface area contributed by atoms with E-state index in [9.17, 15) is 18.3 Å². The number of hydrogen-bond donors (Lipinski definition) is 1. The largest absolute Gasteiger partial charge is 0.421 e. The molecule has 90 valence electrons. The molecule has 0 heterocycles. The molecule has 1 aromatic carbocycles. The first-order valence-electron chi connectivity index (χ1n) is 4.47. The van der Waals surface area contributed by atoms with Crippen LogP contribution in [0.1, 0.15) is 18.9 Å². The zero-order valence-electron chi connectivity index (χ0n) is 8.28. The van der Waals surface area contributed by atoms with Gasteiger partial charge in [-0.25, -0.2) is 0 Å². The quantitative estimate of drug-likeness (QED) is 0.858. The Bertz CT molecular complexity index is 392. The summed E-state index contributed by atoms with van der Waals surface area (Å²) in [6, 6.07) is 3.37. The fourth-order valence-electron chi connectivity index (χ4n) is 1.32. The van der Waals surface area contributed by atoms with Gasteiger partial charge in [-0.3, -0.25) is 0 Å². The van der Waals surface area contributed by atoms with Crippen LogP contribution in [0.2, 0.25) is 10.0 Å². The lowest BCUT2D eigenvalue weighted by atomic mass is 9.90. The molecule has 6 heteroatoms. The van der Waals surface area contributed by atoms with Gasteiger partial charge in [0.1, 0.15) is 0 Å². The Labute approximate surface area is 101 Å². The molecule has 0 bridgehead atoms. The summed E-state index contributed by atoms with van der Waals surface area (Å²) in [6.45, 7) is 1.25. The molecule has 0 fully saturated rings. The second-order valence-electron chi connectivity index (χ2n) is 3.34. The fraction of sp³-hybridized carbons (Fsp3) is 0.400. The lowest BCUT2D eigenvalue weighted by Crippen LogP contribution is -2.41. The van der Waals surface area contributed by atoms with Crippen LogP contribution >= 0.6 is 23.2 Å². The molecule has 0 aliphatic heterocycles. The van der Waals surface area contributed by atoms with Crippen molar-refractivity contribution in [2.75, 3.05) is 0 Å². The average molecular weight is 273 g/mol. The van der Waals surface area contributed by atoms with Gasteiger partial charge >= 0.3 is 6.18 Å². The van der Waals surface area contributed by atoms with E-state index in [2.05, 4.69) is 0 Å². The second-order valence-corrected chi connectivity index (χ2v) is 4.15. The van der Waals surface area contributed by atoms with Crippen molar-refractivity contribution < 1.29 is 18.3 Å². The molecule has 0 aromatic heterocycles. The van der Waals surface area contributed by atoms with Crippen molar-refractivity contribution >= 4 is 23.2 Å². The number of alkyl halides is 3. The molecule has 0 aliphatic carbocycles. The minimum atomic E-state index is -4.75. The van der Waals surface area contributed by atoms with Crippen LogP contribution in [0.5, 0.6) is 0 Å². The summed E-state index contributed by atoms with van der Waals surface area (Å²) >= 11 is 11.2. The predicted molar refractivity (Wildman–Crippen MR) is 56.7 cm³/mol. The molecule has 0 radical (unpaired) electrons. The predicted octanol–water partition coefficient (Wildman–Crippen LogP) is 4.15. The highest BCUT2D eigenvalue weighted by Crippen LogP contribution is 2.42. The summed E-state index contributed by atoms with van der Waals surface area (Å²) in [5, 5.41) is 9.74.